The fraction of sp³-hybridized carbons (Fsp3) is 0.600. The third-order valence-corrected chi connectivity index (χ3v) is 2.36. The summed E-state index contributed by atoms with van der Waals surface area (Å²) in [5.41, 5.74) is 0. The quantitative estimate of drug-likeness (QED) is 0.760. The van der Waals surface area contributed by atoms with E-state index in [1.807, 2.05) is 6.07 Å². The first-order valence-corrected chi connectivity index (χ1v) is 5.79. The Bertz CT molecular complexity index is 272. The summed E-state index contributed by atoms with van der Waals surface area (Å²) in [6.07, 6.45) is 3.88. The van der Waals surface area contributed by atoms with Crippen molar-refractivity contribution >= 4 is 21.7 Å². The average Bonchev–Trinajstić information content (AvgIpc) is 2.17. The van der Waals surface area contributed by atoms with Gasteiger partial charge in [0.15, 0.2) is 0 Å². The Morgan fingerprint density at radius 1 is 1.21 bits per heavy atom. The van der Waals surface area contributed by atoms with E-state index >= 15 is 0 Å². The molecular formula is C10H16BrN3. The van der Waals surface area contributed by atoms with E-state index in [1.54, 1.807) is 6.33 Å². The Balaban J connectivity index is 2.75. The molecular weight excluding hydrogens is 242 g/mol. The molecule has 14 heavy (non-hydrogen) atoms. The summed E-state index contributed by atoms with van der Waals surface area (Å²) in [7, 11) is 0. The molecule has 0 atom stereocenters. The van der Waals surface area contributed by atoms with Crippen LogP contribution in [0.15, 0.2) is 17.0 Å². The normalized spacial score (nSPS) is 10.2. The van der Waals surface area contributed by atoms with E-state index in [1.165, 1.54) is 0 Å². The van der Waals surface area contributed by atoms with Gasteiger partial charge in [-0.15, -0.1) is 0 Å². The maximum Gasteiger partial charge on any atom is 0.133 e. The molecule has 0 spiro atoms. The van der Waals surface area contributed by atoms with Crippen molar-refractivity contribution in [2.45, 2.75) is 26.7 Å². The molecule has 0 amide bonds. The minimum atomic E-state index is 0.847. The zero-order valence-electron chi connectivity index (χ0n) is 8.70. The Morgan fingerprint density at radius 3 is 2.36 bits per heavy atom. The Hall–Kier alpha value is -0.640. The molecule has 3 nitrogen and oxygen atoms in total. The largest absolute Gasteiger partial charge is 0.357 e. The molecule has 0 aromatic carbocycles. The lowest BCUT2D eigenvalue weighted by atomic mass is 10.3. The molecule has 0 N–H and O–H groups in total. The molecule has 0 radical (unpaired) electrons. The van der Waals surface area contributed by atoms with E-state index in [9.17, 15) is 0 Å². The molecule has 0 saturated carbocycles. The summed E-state index contributed by atoms with van der Waals surface area (Å²) >= 11 is 3.35. The van der Waals surface area contributed by atoms with Crippen molar-refractivity contribution in [1.82, 2.24) is 9.97 Å². The smallest absolute Gasteiger partial charge is 0.133 e. The van der Waals surface area contributed by atoms with Crippen molar-refractivity contribution in [3.05, 3.63) is 17.0 Å². The first kappa shape index (κ1) is 11.4. The molecule has 1 aromatic heterocycles. The molecule has 1 heterocycles. The van der Waals surface area contributed by atoms with Gasteiger partial charge < -0.3 is 4.90 Å². The number of nitrogens with zero attached hydrogens (tertiary/aromatic N) is 3. The maximum absolute atomic E-state index is 4.26. The maximum atomic E-state index is 4.26. The predicted molar refractivity (Wildman–Crippen MR) is 62.5 cm³/mol. The summed E-state index contributed by atoms with van der Waals surface area (Å²) in [5.74, 6) is 1.01. The van der Waals surface area contributed by atoms with Crippen molar-refractivity contribution in [1.29, 1.82) is 0 Å². The van der Waals surface area contributed by atoms with Gasteiger partial charge >= 0.3 is 0 Å². The van der Waals surface area contributed by atoms with Crippen LogP contribution in [0.2, 0.25) is 0 Å². The Morgan fingerprint density at radius 2 is 1.86 bits per heavy atom. The molecule has 0 aliphatic heterocycles. The fourth-order valence-electron chi connectivity index (χ4n) is 1.38. The standard InChI is InChI=1S/C10H16BrN3/c1-3-5-14(6-4-2)10-7-9(11)12-8-13-10/h7-8H,3-6H2,1-2H3. The lowest BCUT2D eigenvalue weighted by Crippen LogP contribution is -2.25. The number of rotatable bonds is 5. The second-order valence-electron chi connectivity index (χ2n) is 3.19. The highest BCUT2D eigenvalue weighted by Crippen LogP contribution is 2.15. The summed E-state index contributed by atoms with van der Waals surface area (Å²) in [6.45, 7) is 6.46. The zero-order chi connectivity index (χ0) is 10.4. The minimum Gasteiger partial charge on any atom is -0.357 e. The highest BCUT2D eigenvalue weighted by Gasteiger charge is 2.05. The first-order chi connectivity index (χ1) is 6.77. The molecule has 0 fully saturated rings. The van der Waals surface area contributed by atoms with Gasteiger partial charge in [-0.3, -0.25) is 0 Å². The van der Waals surface area contributed by atoms with Crippen LogP contribution >= 0.6 is 15.9 Å². The van der Waals surface area contributed by atoms with E-state index in [2.05, 4.69) is 44.6 Å². The second-order valence-corrected chi connectivity index (χ2v) is 4.00. The lowest BCUT2D eigenvalue weighted by molar-refractivity contribution is 0.732. The number of anilines is 1. The summed E-state index contributed by atoms with van der Waals surface area (Å²) in [4.78, 5) is 10.6. The summed E-state index contributed by atoms with van der Waals surface area (Å²) < 4.78 is 0.847. The zero-order valence-corrected chi connectivity index (χ0v) is 10.3. The van der Waals surface area contributed by atoms with Gasteiger partial charge in [0.1, 0.15) is 16.7 Å². The number of halogens is 1. The number of hydrogen-bond acceptors (Lipinski definition) is 3. The molecule has 0 bridgehead atoms. The van der Waals surface area contributed by atoms with Crippen molar-refractivity contribution in [3.8, 4) is 0 Å². The van der Waals surface area contributed by atoms with Crippen LogP contribution in [-0.4, -0.2) is 23.1 Å². The van der Waals surface area contributed by atoms with Gasteiger partial charge in [0.05, 0.1) is 0 Å². The van der Waals surface area contributed by atoms with Crippen LogP contribution in [0.4, 0.5) is 5.82 Å². The Kier molecular flexibility index (Phi) is 4.87. The second kappa shape index (κ2) is 5.96. The summed E-state index contributed by atoms with van der Waals surface area (Å²) in [5, 5.41) is 0. The van der Waals surface area contributed by atoms with Gasteiger partial charge in [-0.05, 0) is 28.8 Å². The van der Waals surface area contributed by atoms with Gasteiger partial charge in [0.2, 0.25) is 0 Å². The van der Waals surface area contributed by atoms with E-state index in [0.717, 1.165) is 36.4 Å². The van der Waals surface area contributed by atoms with Gasteiger partial charge in [-0.2, -0.15) is 0 Å². The van der Waals surface area contributed by atoms with Crippen LogP contribution in [-0.2, 0) is 0 Å². The monoisotopic (exact) mass is 257 g/mol. The van der Waals surface area contributed by atoms with Crippen molar-refractivity contribution in [2.24, 2.45) is 0 Å². The van der Waals surface area contributed by atoms with Gasteiger partial charge in [-0.1, -0.05) is 13.8 Å². The Labute approximate surface area is 93.7 Å². The van der Waals surface area contributed by atoms with E-state index in [-0.39, 0.29) is 0 Å². The summed E-state index contributed by atoms with van der Waals surface area (Å²) in [6, 6.07) is 1.96. The highest BCUT2D eigenvalue weighted by molar-refractivity contribution is 9.10. The van der Waals surface area contributed by atoms with Crippen LogP contribution < -0.4 is 4.90 Å². The molecule has 78 valence electrons. The molecule has 1 aromatic rings. The van der Waals surface area contributed by atoms with E-state index in [4.69, 9.17) is 0 Å². The fourth-order valence-corrected chi connectivity index (χ4v) is 1.67. The van der Waals surface area contributed by atoms with Crippen molar-refractivity contribution < 1.29 is 0 Å². The third-order valence-electron chi connectivity index (χ3n) is 1.93. The van der Waals surface area contributed by atoms with E-state index in [0.29, 0.717) is 0 Å². The molecule has 0 aliphatic carbocycles. The SMILES string of the molecule is CCCN(CCC)c1cc(Br)ncn1. The molecule has 0 saturated heterocycles. The predicted octanol–water partition coefficient (Wildman–Crippen LogP) is 2.87. The van der Waals surface area contributed by atoms with Crippen LogP contribution in [0.5, 0.6) is 0 Å². The van der Waals surface area contributed by atoms with Crippen LogP contribution in [0, 0.1) is 0 Å². The van der Waals surface area contributed by atoms with Crippen LogP contribution in [0.3, 0.4) is 0 Å². The minimum absolute atomic E-state index is 0.847. The number of aromatic nitrogens is 2. The van der Waals surface area contributed by atoms with Crippen molar-refractivity contribution in [3.63, 3.8) is 0 Å². The average molecular weight is 258 g/mol. The molecule has 4 heteroatoms. The third kappa shape index (κ3) is 3.25. The van der Waals surface area contributed by atoms with Gasteiger partial charge in [0.25, 0.3) is 0 Å². The van der Waals surface area contributed by atoms with Crippen molar-refractivity contribution in [2.75, 3.05) is 18.0 Å². The number of hydrogen-bond donors (Lipinski definition) is 0. The van der Waals surface area contributed by atoms with Crippen LogP contribution in [0.1, 0.15) is 26.7 Å². The molecule has 0 aliphatic rings. The van der Waals surface area contributed by atoms with Gasteiger partial charge in [0, 0.05) is 19.2 Å². The lowest BCUT2D eigenvalue weighted by Gasteiger charge is -2.22. The topological polar surface area (TPSA) is 29.0 Å². The van der Waals surface area contributed by atoms with Gasteiger partial charge in [-0.25, -0.2) is 9.97 Å². The van der Waals surface area contributed by atoms with Crippen LogP contribution in [0.25, 0.3) is 0 Å². The highest BCUT2D eigenvalue weighted by atomic mass is 79.9. The first-order valence-electron chi connectivity index (χ1n) is 5.00. The molecule has 0 unspecified atom stereocenters. The van der Waals surface area contributed by atoms with E-state index < -0.39 is 0 Å². The molecule has 1 rings (SSSR count).